The van der Waals surface area contributed by atoms with Gasteiger partial charge >= 0.3 is 5.97 Å². The molecule has 2 N–H and O–H groups in total. The third kappa shape index (κ3) is 3.79. The minimum Gasteiger partial charge on any atom is -0.481 e. The first-order valence-electron chi connectivity index (χ1n) is 7.01. The summed E-state index contributed by atoms with van der Waals surface area (Å²) in [5, 5.41) is 15.1. The summed E-state index contributed by atoms with van der Waals surface area (Å²) in [6.07, 6.45) is 6.63. The van der Waals surface area contributed by atoms with Crippen LogP contribution in [0.2, 0.25) is 0 Å². The van der Waals surface area contributed by atoms with Crippen LogP contribution in [0.3, 0.4) is 0 Å². The van der Waals surface area contributed by atoms with Crippen LogP contribution in [0.25, 0.3) is 0 Å². The van der Waals surface area contributed by atoms with Crippen LogP contribution in [0.15, 0.2) is 11.6 Å². The second-order valence-corrected chi connectivity index (χ2v) is 6.33. The van der Waals surface area contributed by atoms with Crippen molar-refractivity contribution < 1.29 is 14.7 Å². The van der Waals surface area contributed by atoms with Crippen LogP contribution in [0.4, 0.5) is 0 Å². The maximum absolute atomic E-state index is 12.0. The summed E-state index contributed by atoms with van der Waals surface area (Å²) in [6.45, 7) is 0.516. The molecule has 0 spiro atoms. The Balaban J connectivity index is 1.81. The van der Waals surface area contributed by atoms with Crippen molar-refractivity contribution in [1.29, 1.82) is 0 Å². The van der Waals surface area contributed by atoms with Gasteiger partial charge in [0.1, 0.15) is 0 Å². The molecule has 0 aliphatic heterocycles. The third-order valence-electron chi connectivity index (χ3n) is 3.91. The van der Waals surface area contributed by atoms with E-state index in [9.17, 15) is 14.7 Å². The van der Waals surface area contributed by atoms with Crippen molar-refractivity contribution in [2.75, 3.05) is 6.54 Å². The number of carboxylic acids is 1. The lowest BCUT2D eigenvalue weighted by Crippen LogP contribution is -2.39. The van der Waals surface area contributed by atoms with E-state index >= 15 is 0 Å². The zero-order valence-corrected chi connectivity index (χ0v) is 12.2. The van der Waals surface area contributed by atoms with Crippen LogP contribution >= 0.6 is 11.3 Å². The van der Waals surface area contributed by atoms with Crippen LogP contribution in [0.1, 0.15) is 43.5 Å². The SMILES string of the molecule is O=C(CC1(C(=O)O)CCCCC1)NCCc1nccs1. The molecule has 5 nitrogen and oxygen atoms in total. The molecule has 1 saturated carbocycles. The molecule has 2 rings (SSSR count). The van der Waals surface area contributed by atoms with Crippen molar-refractivity contribution in [1.82, 2.24) is 10.3 Å². The molecule has 20 heavy (non-hydrogen) atoms. The Kier molecular flexibility index (Phi) is 5.11. The number of carbonyl (C=O) groups excluding carboxylic acids is 1. The van der Waals surface area contributed by atoms with E-state index in [4.69, 9.17) is 0 Å². The number of hydrogen-bond donors (Lipinski definition) is 2. The quantitative estimate of drug-likeness (QED) is 0.843. The first-order valence-corrected chi connectivity index (χ1v) is 7.89. The molecule has 6 heteroatoms. The first-order chi connectivity index (χ1) is 9.62. The van der Waals surface area contributed by atoms with Crippen LogP contribution in [0.5, 0.6) is 0 Å². The van der Waals surface area contributed by atoms with Crippen LogP contribution in [-0.2, 0) is 16.0 Å². The van der Waals surface area contributed by atoms with Crippen molar-refractivity contribution in [3.05, 3.63) is 16.6 Å². The van der Waals surface area contributed by atoms with E-state index in [0.717, 1.165) is 24.3 Å². The van der Waals surface area contributed by atoms with Gasteiger partial charge in [-0.25, -0.2) is 4.98 Å². The highest BCUT2D eigenvalue weighted by Crippen LogP contribution is 2.39. The molecule has 1 fully saturated rings. The number of aliphatic carboxylic acids is 1. The lowest BCUT2D eigenvalue weighted by molar-refractivity contribution is -0.154. The van der Waals surface area contributed by atoms with E-state index < -0.39 is 11.4 Å². The number of nitrogens with zero attached hydrogens (tertiary/aromatic N) is 1. The van der Waals surface area contributed by atoms with Gasteiger partial charge in [0.15, 0.2) is 0 Å². The third-order valence-corrected chi connectivity index (χ3v) is 4.75. The molecule has 0 saturated heterocycles. The Morgan fingerprint density at radius 3 is 2.70 bits per heavy atom. The van der Waals surface area contributed by atoms with E-state index in [-0.39, 0.29) is 12.3 Å². The minimum atomic E-state index is -0.844. The lowest BCUT2D eigenvalue weighted by Gasteiger charge is -2.32. The Labute approximate surface area is 122 Å². The van der Waals surface area contributed by atoms with Gasteiger partial charge in [-0.1, -0.05) is 19.3 Å². The molecule has 1 heterocycles. The van der Waals surface area contributed by atoms with Gasteiger partial charge in [0.25, 0.3) is 0 Å². The topological polar surface area (TPSA) is 79.3 Å². The molecule has 0 atom stereocenters. The lowest BCUT2D eigenvalue weighted by atomic mass is 9.71. The number of rotatable bonds is 6. The fourth-order valence-corrected chi connectivity index (χ4v) is 3.37. The molecule has 1 amide bonds. The number of amides is 1. The Morgan fingerprint density at radius 2 is 2.10 bits per heavy atom. The van der Waals surface area contributed by atoms with E-state index in [1.165, 1.54) is 0 Å². The average molecular weight is 296 g/mol. The van der Waals surface area contributed by atoms with Gasteiger partial charge in [0.05, 0.1) is 10.4 Å². The second-order valence-electron chi connectivity index (χ2n) is 5.35. The average Bonchev–Trinajstić information content (AvgIpc) is 2.93. The number of hydrogen-bond acceptors (Lipinski definition) is 4. The number of carboxylic acid groups (broad SMARTS) is 1. The Bertz CT molecular complexity index is 453. The summed E-state index contributed by atoms with van der Waals surface area (Å²) in [5.41, 5.74) is -0.844. The second kappa shape index (κ2) is 6.83. The maximum atomic E-state index is 12.0. The Morgan fingerprint density at radius 1 is 1.35 bits per heavy atom. The van der Waals surface area contributed by atoms with Crippen LogP contribution in [0, 0.1) is 5.41 Å². The molecule has 1 aromatic rings. The van der Waals surface area contributed by atoms with E-state index in [0.29, 0.717) is 25.8 Å². The zero-order valence-electron chi connectivity index (χ0n) is 11.4. The Hall–Kier alpha value is -1.43. The van der Waals surface area contributed by atoms with Crippen LogP contribution < -0.4 is 5.32 Å². The molecule has 1 aliphatic rings. The van der Waals surface area contributed by atoms with Gasteiger partial charge in [-0.3, -0.25) is 9.59 Å². The zero-order chi connectivity index (χ0) is 14.4. The highest BCUT2D eigenvalue weighted by atomic mass is 32.1. The summed E-state index contributed by atoms with van der Waals surface area (Å²) in [4.78, 5) is 27.6. The molecular formula is C14H20N2O3S. The smallest absolute Gasteiger partial charge is 0.310 e. The predicted octanol–water partition coefficient (Wildman–Crippen LogP) is 2.23. The van der Waals surface area contributed by atoms with Gasteiger partial charge in [-0.05, 0) is 12.8 Å². The molecule has 0 bridgehead atoms. The molecule has 0 radical (unpaired) electrons. The first kappa shape index (κ1) is 15.0. The maximum Gasteiger partial charge on any atom is 0.310 e. The van der Waals surface area contributed by atoms with Gasteiger partial charge in [-0.15, -0.1) is 11.3 Å². The predicted molar refractivity (Wildman–Crippen MR) is 76.6 cm³/mol. The standard InChI is InChI=1S/C14H20N2O3S/c17-11(15-7-4-12-16-8-9-20-12)10-14(13(18)19)5-2-1-3-6-14/h8-9H,1-7,10H2,(H,15,17)(H,18,19). The van der Waals surface area contributed by atoms with Gasteiger partial charge in [0.2, 0.25) is 5.91 Å². The van der Waals surface area contributed by atoms with Gasteiger partial charge in [0, 0.05) is 31.0 Å². The van der Waals surface area contributed by atoms with Crippen molar-refractivity contribution in [3.63, 3.8) is 0 Å². The molecule has 0 unspecified atom stereocenters. The fraction of sp³-hybridized carbons (Fsp3) is 0.643. The van der Waals surface area contributed by atoms with Crippen LogP contribution in [-0.4, -0.2) is 28.5 Å². The molecule has 1 aromatic heterocycles. The largest absolute Gasteiger partial charge is 0.481 e. The molecule has 1 aliphatic carbocycles. The van der Waals surface area contributed by atoms with Crippen molar-refractivity contribution in [2.45, 2.75) is 44.9 Å². The summed E-state index contributed by atoms with van der Waals surface area (Å²) in [7, 11) is 0. The molecule has 110 valence electrons. The summed E-state index contributed by atoms with van der Waals surface area (Å²) < 4.78 is 0. The number of thiazole rings is 1. The molecule has 0 aromatic carbocycles. The fourth-order valence-electron chi connectivity index (χ4n) is 2.75. The number of aromatic nitrogens is 1. The van der Waals surface area contributed by atoms with E-state index in [1.54, 1.807) is 17.5 Å². The summed E-state index contributed by atoms with van der Waals surface area (Å²) in [5.74, 6) is -0.988. The number of carbonyl (C=O) groups is 2. The molecular weight excluding hydrogens is 276 g/mol. The van der Waals surface area contributed by atoms with Gasteiger partial charge < -0.3 is 10.4 Å². The summed E-state index contributed by atoms with van der Waals surface area (Å²) in [6, 6.07) is 0. The number of nitrogens with one attached hydrogen (secondary N) is 1. The van der Waals surface area contributed by atoms with E-state index in [1.807, 2.05) is 5.38 Å². The minimum absolute atomic E-state index is 0.0974. The van der Waals surface area contributed by atoms with E-state index in [2.05, 4.69) is 10.3 Å². The summed E-state index contributed by atoms with van der Waals surface area (Å²) >= 11 is 1.56. The monoisotopic (exact) mass is 296 g/mol. The van der Waals surface area contributed by atoms with Crippen molar-refractivity contribution in [2.24, 2.45) is 5.41 Å². The normalized spacial score (nSPS) is 17.6. The highest BCUT2D eigenvalue weighted by molar-refractivity contribution is 7.09. The van der Waals surface area contributed by atoms with Crippen molar-refractivity contribution >= 4 is 23.2 Å². The highest BCUT2D eigenvalue weighted by Gasteiger charge is 2.41. The van der Waals surface area contributed by atoms with Crippen molar-refractivity contribution in [3.8, 4) is 0 Å². The van der Waals surface area contributed by atoms with Gasteiger partial charge in [-0.2, -0.15) is 0 Å².